The van der Waals surface area contributed by atoms with Gasteiger partial charge in [-0.15, -0.1) is 0 Å². The topological polar surface area (TPSA) is 88.5 Å². The normalized spacial score (nSPS) is 16.5. The molecule has 1 aromatic carbocycles. The molecule has 0 fully saturated rings. The number of carbonyl (C=O) groups excluding carboxylic acids is 1. The summed E-state index contributed by atoms with van der Waals surface area (Å²) in [5.41, 5.74) is 1.77. The number of hydrogen-bond acceptors (Lipinski definition) is 4. The van der Waals surface area contributed by atoms with E-state index in [1.54, 1.807) is 18.2 Å². The Bertz CT molecular complexity index is 1110. The van der Waals surface area contributed by atoms with Crippen molar-refractivity contribution in [3.63, 3.8) is 0 Å². The third kappa shape index (κ3) is 7.78. The Morgan fingerprint density at radius 1 is 1.17 bits per heavy atom. The summed E-state index contributed by atoms with van der Waals surface area (Å²) in [6.07, 6.45) is 2.72. The largest absolute Gasteiger partial charge is 0.481 e. The molecule has 2 aromatic rings. The van der Waals surface area contributed by atoms with E-state index in [1.165, 1.54) is 6.07 Å². The smallest absolute Gasteiger partial charge is 0.417 e. The van der Waals surface area contributed by atoms with Crippen molar-refractivity contribution in [1.82, 2.24) is 10.3 Å². The van der Waals surface area contributed by atoms with Crippen LogP contribution >= 0.6 is 0 Å². The van der Waals surface area contributed by atoms with Crippen LogP contribution in [0, 0.1) is 5.92 Å². The number of benzene rings is 1. The van der Waals surface area contributed by atoms with Crippen LogP contribution in [0.4, 0.5) is 13.2 Å². The van der Waals surface area contributed by atoms with Crippen LogP contribution in [-0.2, 0) is 15.7 Å². The van der Waals surface area contributed by atoms with Crippen LogP contribution in [0.25, 0.3) is 5.57 Å². The van der Waals surface area contributed by atoms with Gasteiger partial charge < -0.3 is 15.2 Å². The number of hydrogen-bond donors (Lipinski definition) is 2. The van der Waals surface area contributed by atoms with E-state index < -0.39 is 17.7 Å². The lowest BCUT2D eigenvalue weighted by atomic mass is 9.97. The van der Waals surface area contributed by atoms with Gasteiger partial charge in [0.25, 0.3) is 5.91 Å². The average molecular weight is 503 g/mol. The number of alkyl halides is 3. The van der Waals surface area contributed by atoms with Gasteiger partial charge in [0.1, 0.15) is 0 Å². The predicted octanol–water partition coefficient (Wildman–Crippen LogP) is 5.82. The number of allylic oxidation sites excluding steroid dienone is 2. The molecule has 6 nitrogen and oxygen atoms in total. The lowest BCUT2D eigenvalue weighted by molar-refractivity contribution is -0.138. The number of carboxylic acids is 1. The van der Waals surface area contributed by atoms with Gasteiger partial charge >= 0.3 is 12.1 Å². The summed E-state index contributed by atoms with van der Waals surface area (Å²) in [6.45, 7) is 4.23. The number of pyridine rings is 1. The van der Waals surface area contributed by atoms with Gasteiger partial charge in [0.2, 0.25) is 0 Å². The zero-order chi connectivity index (χ0) is 26.3. The standard InChI is InChI=1S/C27H29F3N2O4/c1-17(2)15-24(19-3-5-20(6-4-19)26(35)31-14-13-25(33)34)36-22-10-7-18(8-11-22)23-12-9-21(16-32-23)27(28,29)30/h3-10,12,16-17,22,24H,11,13-15H2,1-2H3,(H,31,35)(H,33,34). The van der Waals surface area contributed by atoms with E-state index in [2.05, 4.69) is 24.1 Å². The Kier molecular flexibility index (Phi) is 9.03. The van der Waals surface area contributed by atoms with E-state index in [-0.39, 0.29) is 31.1 Å². The highest BCUT2D eigenvalue weighted by Gasteiger charge is 2.30. The summed E-state index contributed by atoms with van der Waals surface area (Å²) < 4.78 is 44.7. The van der Waals surface area contributed by atoms with E-state index in [4.69, 9.17) is 9.84 Å². The molecule has 2 atom stereocenters. The summed E-state index contributed by atoms with van der Waals surface area (Å²) in [7, 11) is 0. The summed E-state index contributed by atoms with van der Waals surface area (Å²) in [6, 6.07) is 9.42. The number of ether oxygens (including phenoxy) is 1. The van der Waals surface area contributed by atoms with Gasteiger partial charge in [0.15, 0.2) is 0 Å². The van der Waals surface area contributed by atoms with Crippen LogP contribution in [0.1, 0.15) is 66.4 Å². The molecule has 1 aliphatic rings. The Labute approximate surface area is 207 Å². The molecule has 3 rings (SSSR count). The molecule has 0 saturated heterocycles. The van der Waals surface area contributed by atoms with Crippen molar-refractivity contribution in [1.29, 1.82) is 0 Å². The first-order valence-electron chi connectivity index (χ1n) is 11.7. The van der Waals surface area contributed by atoms with Crippen LogP contribution in [0.5, 0.6) is 0 Å². The molecule has 9 heteroatoms. The summed E-state index contributed by atoms with van der Waals surface area (Å²) in [5.74, 6) is -0.966. The van der Waals surface area contributed by atoms with Gasteiger partial charge in [0, 0.05) is 18.3 Å². The van der Waals surface area contributed by atoms with Crippen LogP contribution in [0.2, 0.25) is 0 Å². The molecule has 0 bridgehead atoms. The number of carboxylic acid groups (broad SMARTS) is 1. The van der Waals surface area contributed by atoms with E-state index in [1.807, 2.05) is 24.3 Å². The minimum absolute atomic E-state index is 0.0561. The van der Waals surface area contributed by atoms with Crippen molar-refractivity contribution in [2.45, 2.75) is 51.5 Å². The second kappa shape index (κ2) is 12.0. The van der Waals surface area contributed by atoms with Crippen molar-refractivity contribution in [3.05, 3.63) is 83.2 Å². The minimum atomic E-state index is -4.42. The molecule has 1 aliphatic carbocycles. The van der Waals surface area contributed by atoms with Crippen molar-refractivity contribution < 1.29 is 32.6 Å². The molecule has 0 radical (unpaired) electrons. The van der Waals surface area contributed by atoms with E-state index in [9.17, 15) is 22.8 Å². The lowest BCUT2D eigenvalue weighted by Gasteiger charge is -2.26. The van der Waals surface area contributed by atoms with Gasteiger partial charge in [-0.25, -0.2) is 0 Å². The van der Waals surface area contributed by atoms with Crippen LogP contribution in [-0.4, -0.2) is 34.6 Å². The number of nitrogens with zero attached hydrogens (tertiary/aromatic N) is 1. The third-order valence-corrected chi connectivity index (χ3v) is 5.64. The molecule has 0 aliphatic heterocycles. The second-order valence-electron chi connectivity index (χ2n) is 9.00. The van der Waals surface area contributed by atoms with Gasteiger partial charge in [0.05, 0.1) is 29.9 Å². The zero-order valence-corrected chi connectivity index (χ0v) is 20.1. The van der Waals surface area contributed by atoms with Gasteiger partial charge in [-0.1, -0.05) is 44.2 Å². The SMILES string of the molecule is CC(C)CC(OC1C=CC(c2ccc(C(F)(F)F)cn2)=CC1)c1ccc(C(=O)NCCC(=O)O)cc1. The van der Waals surface area contributed by atoms with Crippen molar-refractivity contribution in [3.8, 4) is 0 Å². The number of aromatic nitrogens is 1. The summed E-state index contributed by atoms with van der Waals surface area (Å²) in [5, 5.41) is 11.3. The average Bonchev–Trinajstić information content (AvgIpc) is 2.83. The maximum atomic E-state index is 12.8. The Morgan fingerprint density at radius 3 is 2.42 bits per heavy atom. The van der Waals surface area contributed by atoms with Crippen LogP contribution in [0.15, 0.2) is 60.8 Å². The number of nitrogens with one attached hydrogen (secondary N) is 1. The maximum Gasteiger partial charge on any atom is 0.417 e. The number of carbonyl (C=O) groups is 2. The first-order valence-corrected chi connectivity index (χ1v) is 11.7. The highest BCUT2D eigenvalue weighted by molar-refractivity contribution is 5.94. The quantitative estimate of drug-likeness (QED) is 0.427. The molecular formula is C27H29F3N2O4. The fraction of sp³-hybridized carbons (Fsp3) is 0.370. The molecule has 1 aromatic heterocycles. The van der Waals surface area contributed by atoms with Crippen molar-refractivity contribution >= 4 is 17.4 Å². The molecule has 0 saturated carbocycles. The molecule has 1 heterocycles. The van der Waals surface area contributed by atoms with Gasteiger partial charge in [-0.2, -0.15) is 13.2 Å². The molecule has 2 unspecified atom stereocenters. The second-order valence-corrected chi connectivity index (χ2v) is 9.00. The van der Waals surface area contributed by atoms with E-state index in [0.29, 0.717) is 23.6 Å². The highest BCUT2D eigenvalue weighted by atomic mass is 19.4. The van der Waals surface area contributed by atoms with Crippen molar-refractivity contribution in [2.24, 2.45) is 5.92 Å². The molecule has 0 spiro atoms. The fourth-order valence-corrected chi connectivity index (χ4v) is 3.77. The molecular weight excluding hydrogens is 473 g/mol. The summed E-state index contributed by atoms with van der Waals surface area (Å²) >= 11 is 0. The monoisotopic (exact) mass is 502 g/mol. The predicted molar refractivity (Wildman–Crippen MR) is 129 cm³/mol. The van der Waals surface area contributed by atoms with Crippen molar-refractivity contribution in [2.75, 3.05) is 6.54 Å². The third-order valence-electron chi connectivity index (χ3n) is 5.64. The Balaban J connectivity index is 1.63. The lowest BCUT2D eigenvalue weighted by Crippen LogP contribution is -2.26. The zero-order valence-electron chi connectivity index (χ0n) is 20.1. The minimum Gasteiger partial charge on any atom is -0.481 e. The Hall–Kier alpha value is -3.46. The van der Waals surface area contributed by atoms with Crippen LogP contribution in [0.3, 0.4) is 0 Å². The maximum absolute atomic E-state index is 12.8. The number of rotatable bonds is 10. The molecule has 2 N–H and O–H groups in total. The first-order chi connectivity index (χ1) is 17.0. The molecule has 192 valence electrons. The summed E-state index contributed by atoms with van der Waals surface area (Å²) in [4.78, 5) is 26.8. The van der Waals surface area contributed by atoms with Gasteiger partial charge in [-0.3, -0.25) is 14.6 Å². The first kappa shape index (κ1) is 27.1. The number of halogens is 3. The number of aliphatic carboxylic acids is 1. The molecule has 36 heavy (non-hydrogen) atoms. The van der Waals surface area contributed by atoms with E-state index >= 15 is 0 Å². The fourth-order valence-electron chi connectivity index (χ4n) is 3.77. The van der Waals surface area contributed by atoms with Gasteiger partial charge in [-0.05, 0) is 54.2 Å². The Morgan fingerprint density at radius 2 is 1.89 bits per heavy atom. The van der Waals surface area contributed by atoms with E-state index in [0.717, 1.165) is 29.8 Å². The van der Waals surface area contributed by atoms with Crippen LogP contribution < -0.4 is 5.32 Å². The highest BCUT2D eigenvalue weighted by Crippen LogP contribution is 2.32. The number of amides is 1. The molecule has 1 amide bonds.